The average molecular weight is 308 g/mol. The highest BCUT2D eigenvalue weighted by molar-refractivity contribution is 7.89. The monoisotopic (exact) mass is 307 g/mol. The van der Waals surface area contributed by atoms with E-state index in [0.29, 0.717) is 12.8 Å². The summed E-state index contributed by atoms with van der Waals surface area (Å²) in [6.45, 7) is 0.00222. The predicted octanol–water partition coefficient (Wildman–Crippen LogP) is 1.05. The van der Waals surface area contributed by atoms with Crippen LogP contribution < -0.4 is 4.72 Å². The molecule has 1 heterocycles. The highest BCUT2D eigenvalue weighted by Gasteiger charge is 2.32. The number of sulfonamides is 1. The average Bonchev–Trinajstić information content (AvgIpc) is 2.70. The zero-order valence-corrected chi connectivity index (χ0v) is 12.3. The van der Waals surface area contributed by atoms with E-state index in [0.717, 1.165) is 19.3 Å². The summed E-state index contributed by atoms with van der Waals surface area (Å²) in [5, 5.41) is 10.1. The minimum Gasteiger partial charge on any atom is -0.389 e. The molecule has 2 rings (SSSR count). The molecule has 1 saturated carbocycles. The zero-order valence-electron chi connectivity index (χ0n) is 10.8. The maximum absolute atomic E-state index is 12.1. The van der Waals surface area contributed by atoms with Crippen LogP contribution in [0.15, 0.2) is 11.4 Å². The van der Waals surface area contributed by atoms with Crippen LogP contribution in [0.1, 0.15) is 32.1 Å². The maximum Gasteiger partial charge on any atom is 0.261 e. The molecule has 0 unspecified atom stereocenters. The number of aromatic nitrogens is 2. The molecule has 19 heavy (non-hydrogen) atoms. The van der Waals surface area contributed by atoms with Gasteiger partial charge in [0.1, 0.15) is 5.15 Å². The first-order valence-corrected chi connectivity index (χ1v) is 8.09. The van der Waals surface area contributed by atoms with Crippen LogP contribution in [0.4, 0.5) is 0 Å². The van der Waals surface area contributed by atoms with Gasteiger partial charge in [0.25, 0.3) is 10.0 Å². The zero-order chi connectivity index (χ0) is 14.1. The van der Waals surface area contributed by atoms with E-state index in [9.17, 15) is 13.5 Å². The van der Waals surface area contributed by atoms with Crippen molar-refractivity contribution in [1.29, 1.82) is 0 Å². The SMILES string of the molecule is Cn1cnc(S(=O)(=O)NCC2(O)CCCCC2)c1Cl. The van der Waals surface area contributed by atoms with Crippen LogP contribution >= 0.6 is 11.6 Å². The fourth-order valence-corrected chi connectivity index (χ4v) is 3.80. The fourth-order valence-electron chi connectivity index (χ4n) is 2.26. The molecule has 0 bridgehead atoms. The summed E-state index contributed by atoms with van der Waals surface area (Å²) < 4.78 is 28.0. The first kappa shape index (κ1) is 14.8. The Hall–Kier alpha value is -0.630. The number of nitrogens with one attached hydrogen (secondary N) is 1. The van der Waals surface area contributed by atoms with E-state index in [1.54, 1.807) is 7.05 Å². The van der Waals surface area contributed by atoms with Crippen molar-refractivity contribution in [1.82, 2.24) is 14.3 Å². The molecule has 0 aliphatic heterocycles. The highest BCUT2D eigenvalue weighted by Crippen LogP contribution is 2.28. The molecule has 0 aromatic carbocycles. The Morgan fingerprint density at radius 2 is 2.11 bits per heavy atom. The van der Waals surface area contributed by atoms with Crippen molar-refractivity contribution in [3.63, 3.8) is 0 Å². The molecule has 108 valence electrons. The van der Waals surface area contributed by atoms with Crippen LogP contribution in [0.3, 0.4) is 0 Å². The molecule has 0 spiro atoms. The summed E-state index contributed by atoms with van der Waals surface area (Å²) in [5.41, 5.74) is -0.952. The Bertz CT molecular complexity index is 550. The van der Waals surface area contributed by atoms with E-state index in [1.165, 1.54) is 10.9 Å². The molecule has 8 heteroatoms. The molecule has 1 aliphatic carbocycles. The van der Waals surface area contributed by atoms with Crippen LogP contribution in [0.2, 0.25) is 5.15 Å². The van der Waals surface area contributed by atoms with Crippen molar-refractivity contribution in [3.8, 4) is 0 Å². The van der Waals surface area contributed by atoms with Gasteiger partial charge in [0.15, 0.2) is 0 Å². The summed E-state index contributed by atoms with van der Waals surface area (Å²) in [7, 11) is -2.17. The maximum atomic E-state index is 12.1. The number of hydrogen-bond donors (Lipinski definition) is 2. The molecular formula is C11H18ClN3O3S. The van der Waals surface area contributed by atoms with Gasteiger partial charge in [0.2, 0.25) is 5.03 Å². The number of aryl methyl sites for hydroxylation is 1. The van der Waals surface area contributed by atoms with Gasteiger partial charge in [-0.2, -0.15) is 0 Å². The van der Waals surface area contributed by atoms with Gasteiger partial charge in [-0.05, 0) is 12.8 Å². The number of nitrogens with zero attached hydrogens (tertiary/aromatic N) is 2. The van der Waals surface area contributed by atoms with Crippen molar-refractivity contribution >= 4 is 21.6 Å². The van der Waals surface area contributed by atoms with Crippen LogP contribution in [-0.4, -0.2) is 35.2 Å². The van der Waals surface area contributed by atoms with E-state index < -0.39 is 15.6 Å². The summed E-state index contributed by atoms with van der Waals surface area (Å²) in [6.07, 6.45) is 5.50. The standard InChI is InChI=1S/C11H18ClN3O3S/c1-15-8-13-10(9(15)12)19(17,18)14-7-11(16)5-3-2-4-6-11/h8,14,16H,2-7H2,1H3. The molecule has 1 fully saturated rings. The van der Waals surface area contributed by atoms with Crippen molar-refractivity contribution in [3.05, 3.63) is 11.5 Å². The third-order valence-electron chi connectivity index (χ3n) is 3.46. The van der Waals surface area contributed by atoms with Gasteiger partial charge < -0.3 is 9.67 Å². The van der Waals surface area contributed by atoms with Gasteiger partial charge in [0.05, 0.1) is 11.9 Å². The molecule has 2 N–H and O–H groups in total. The van der Waals surface area contributed by atoms with E-state index in [2.05, 4.69) is 9.71 Å². The second kappa shape index (κ2) is 5.40. The minimum absolute atomic E-state index is 0.00222. The van der Waals surface area contributed by atoms with Gasteiger partial charge in [0, 0.05) is 13.6 Å². The summed E-state index contributed by atoms with van der Waals surface area (Å²) in [5.74, 6) is 0. The third-order valence-corrected chi connectivity index (χ3v) is 5.35. The lowest BCUT2D eigenvalue weighted by Gasteiger charge is -2.31. The van der Waals surface area contributed by atoms with Crippen molar-refractivity contribution in [2.24, 2.45) is 7.05 Å². The van der Waals surface area contributed by atoms with Gasteiger partial charge in [-0.25, -0.2) is 18.1 Å². The van der Waals surface area contributed by atoms with E-state index in [4.69, 9.17) is 11.6 Å². The van der Waals surface area contributed by atoms with Crippen LogP contribution in [0.25, 0.3) is 0 Å². The van der Waals surface area contributed by atoms with Crippen molar-refractivity contribution in [2.45, 2.75) is 42.7 Å². The van der Waals surface area contributed by atoms with Crippen LogP contribution in [-0.2, 0) is 17.1 Å². The van der Waals surface area contributed by atoms with Gasteiger partial charge in [-0.15, -0.1) is 0 Å². The molecule has 0 amide bonds. The normalized spacial score (nSPS) is 19.5. The minimum atomic E-state index is -3.78. The van der Waals surface area contributed by atoms with Crippen molar-refractivity contribution in [2.75, 3.05) is 6.54 Å². The second-order valence-corrected chi connectivity index (χ2v) is 7.10. The molecule has 0 radical (unpaired) electrons. The smallest absolute Gasteiger partial charge is 0.261 e. The summed E-state index contributed by atoms with van der Waals surface area (Å²) >= 11 is 5.87. The second-order valence-electron chi connectivity index (χ2n) is 5.06. The fraction of sp³-hybridized carbons (Fsp3) is 0.727. The van der Waals surface area contributed by atoms with Gasteiger partial charge in [-0.3, -0.25) is 0 Å². The lowest BCUT2D eigenvalue weighted by atomic mass is 9.85. The Balaban J connectivity index is 2.08. The molecule has 1 aromatic rings. The third kappa shape index (κ3) is 3.28. The van der Waals surface area contributed by atoms with Gasteiger partial charge >= 0.3 is 0 Å². The Kier molecular flexibility index (Phi) is 4.20. The topological polar surface area (TPSA) is 84.2 Å². The lowest BCUT2D eigenvalue weighted by molar-refractivity contribution is 0.00944. The Labute approximate surface area is 117 Å². The Morgan fingerprint density at radius 3 is 2.63 bits per heavy atom. The Morgan fingerprint density at radius 1 is 1.47 bits per heavy atom. The quantitative estimate of drug-likeness (QED) is 0.870. The first-order chi connectivity index (χ1) is 8.84. The number of imidazole rings is 1. The van der Waals surface area contributed by atoms with E-state index >= 15 is 0 Å². The molecule has 1 aromatic heterocycles. The molecular weight excluding hydrogens is 290 g/mol. The first-order valence-electron chi connectivity index (χ1n) is 6.23. The predicted molar refractivity (Wildman–Crippen MR) is 71.4 cm³/mol. The number of hydrogen-bond acceptors (Lipinski definition) is 4. The van der Waals surface area contributed by atoms with Crippen LogP contribution in [0.5, 0.6) is 0 Å². The number of rotatable bonds is 4. The number of halogens is 1. The van der Waals surface area contributed by atoms with E-state index in [-0.39, 0.29) is 16.7 Å². The molecule has 0 saturated heterocycles. The van der Waals surface area contributed by atoms with E-state index in [1.807, 2.05) is 0 Å². The van der Waals surface area contributed by atoms with Gasteiger partial charge in [-0.1, -0.05) is 30.9 Å². The van der Waals surface area contributed by atoms with Crippen LogP contribution in [0, 0.1) is 0 Å². The molecule has 0 atom stereocenters. The van der Waals surface area contributed by atoms with Crippen molar-refractivity contribution < 1.29 is 13.5 Å². The lowest BCUT2D eigenvalue weighted by Crippen LogP contribution is -2.44. The summed E-state index contributed by atoms with van der Waals surface area (Å²) in [6, 6.07) is 0. The number of aliphatic hydroxyl groups is 1. The molecule has 1 aliphatic rings. The molecule has 6 nitrogen and oxygen atoms in total. The summed E-state index contributed by atoms with van der Waals surface area (Å²) in [4.78, 5) is 3.77. The highest BCUT2D eigenvalue weighted by atomic mass is 35.5. The largest absolute Gasteiger partial charge is 0.389 e.